The van der Waals surface area contributed by atoms with Crippen LogP contribution in [0.4, 0.5) is 0 Å². The average Bonchev–Trinajstić information content (AvgIpc) is 2.46. The SMILES string of the molecule is CCOC(=O)[C@H]1C(O)=CC(=O)C[C@H]1c1ccc(OC)cc1. The van der Waals surface area contributed by atoms with Crippen molar-refractivity contribution in [2.75, 3.05) is 13.7 Å². The molecule has 1 N–H and O–H groups in total. The fourth-order valence-corrected chi connectivity index (χ4v) is 2.53. The smallest absolute Gasteiger partial charge is 0.317 e. The van der Waals surface area contributed by atoms with Gasteiger partial charge in [0.2, 0.25) is 0 Å². The van der Waals surface area contributed by atoms with Crippen LogP contribution >= 0.6 is 0 Å². The van der Waals surface area contributed by atoms with Crippen molar-refractivity contribution >= 4 is 11.8 Å². The van der Waals surface area contributed by atoms with Crippen molar-refractivity contribution in [2.24, 2.45) is 5.92 Å². The molecule has 0 saturated heterocycles. The number of rotatable bonds is 4. The predicted molar refractivity (Wildman–Crippen MR) is 76.2 cm³/mol. The molecule has 2 atom stereocenters. The molecule has 5 heteroatoms. The van der Waals surface area contributed by atoms with Gasteiger partial charge in [-0.15, -0.1) is 0 Å². The second-order valence-electron chi connectivity index (χ2n) is 4.85. The minimum absolute atomic E-state index is 0.167. The molecule has 0 heterocycles. The van der Waals surface area contributed by atoms with Crippen LogP contribution in [0.5, 0.6) is 5.75 Å². The molecular weight excluding hydrogens is 272 g/mol. The lowest BCUT2D eigenvalue weighted by Crippen LogP contribution is -2.31. The first-order chi connectivity index (χ1) is 10.1. The van der Waals surface area contributed by atoms with Gasteiger partial charge in [0.1, 0.15) is 17.4 Å². The molecule has 5 nitrogen and oxygen atoms in total. The van der Waals surface area contributed by atoms with Crippen molar-refractivity contribution in [2.45, 2.75) is 19.3 Å². The van der Waals surface area contributed by atoms with Crippen molar-refractivity contribution in [3.05, 3.63) is 41.7 Å². The zero-order valence-corrected chi connectivity index (χ0v) is 12.0. The summed E-state index contributed by atoms with van der Waals surface area (Å²) in [5.74, 6) is -1.52. The zero-order chi connectivity index (χ0) is 15.4. The highest BCUT2D eigenvalue weighted by atomic mass is 16.5. The monoisotopic (exact) mass is 290 g/mol. The fraction of sp³-hybridized carbons (Fsp3) is 0.375. The van der Waals surface area contributed by atoms with Gasteiger partial charge in [0.05, 0.1) is 13.7 Å². The summed E-state index contributed by atoms with van der Waals surface area (Å²) < 4.78 is 10.1. The van der Waals surface area contributed by atoms with Crippen LogP contribution < -0.4 is 4.74 Å². The molecule has 0 aliphatic heterocycles. The number of carbonyl (C=O) groups is 2. The maximum atomic E-state index is 12.1. The Kier molecular flexibility index (Phi) is 4.62. The van der Waals surface area contributed by atoms with E-state index in [1.807, 2.05) is 0 Å². The minimum atomic E-state index is -0.837. The van der Waals surface area contributed by atoms with E-state index >= 15 is 0 Å². The lowest BCUT2D eigenvalue weighted by atomic mass is 9.77. The quantitative estimate of drug-likeness (QED) is 0.862. The number of benzene rings is 1. The van der Waals surface area contributed by atoms with Crippen molar-refractivity contribution in [3.8, 4) is 5.75 Å². The Morgan fingerprint density at radius 1 is 1.33 bits per heavy atom. The third-order valence-electron chi connectivity index (χ3n) is 3.54. The topological polar surface area (TPSA) is 72.8 Å². The molecule has 0 aromatic heterocycles. The molecule has 0 fully saturated rings. The summed E-state index contributed by atoms with van der Waals surface area (Å²) in [4.78, 5) is 23.8. The Bertz CT molecular complexity index is 559. The number of ketones is 1. The van der Waals surface area contributed by atoms with E-state index in [0.29, 0.717) is 5.75 Å². The van der Waals surface area contributed by atoms with Crippen LogP contribution in [0.15, 0.2) is 36.1 Å². The van der Waals surface area contributed by atoms with E-state index in [1.54, 1.807) is 38.3 Å². The maximum Gasteiger partial charge on any atom is 0.317 e. The molecule has 0 spiro atoms. The summed E-state index contributed by atoms with van der Waals surface area (Å²) >= 11 is 0. The first kappa shape index (κ1) is 15.1. The molecule has 21 heavy (non-hydrogen) atoms. The molecule has 1 aromatic rings. The number of aliphatic hydroxyl groups excluding tert-OH is 1. The summed E-state index contributed by atoms with van der Waals surface area (Å²) in [6, 6.07) is 7.11. The van der Waals surface area contributed by atoms with E-state index in [-0.39, 0.29) is 24.6 Å². The first-order valence-corrected chi connectivity index (χ1v) is 6.80. The molecule has 0 bridgehead atoms. The van der Waals surface area contributed by atoms with Crippen molar-refractivity contribution in [1.29, 1.82) is 0 Å². The van der Waals surface area contributed by atoms with E-state index in [1.165, 1.54) is 0 Å². The number of esters is 1. The Morgan fingerprint density at radius 2 is 2.00 bits per heavy atom. The number of ether oxygens (including phenoxy) is 2. The van der Waals surface area contributed by atoms with Gasteiger partial charge in [-0.3, -0.25) is 9.59 Å². The highest BCUT2D eigenvalue weighted by Crippen LogP contribution is 2.37. The van der Waals surface area contributed by atoms with Gasteiger partial charge in [-0.05, 0) is 24.6 Å². The van der Waals surface area contributed by atoms with Crippen LogP contribution in [-0.4, -0.2) is 30.6 Å². The Morgan fingerprint density at radius 3 is 2.57 bits per heavy atom. The fourth-order valence-electron chi connectivity index (χ4n) is 2.53. The van der Waals surface area contributed by atoms with Crippen molar-refractivity contribution in [3.63, 3.8) is 0 Å². The van der Waals surface area contributed by atoms with E-state index in [2.05, 4.69) is 0 Å². The van der Waals surface area contributed by atoms with Crippen LogP contribution in [-0.2, 0) is 14.3 Å². The number of methoxy groups -OCH3 is 1. The number of carbonyl (C=O) groups excluding carboxylic acids is 2. The second-order valence-corrected chi connectivity index (χ2v) is 4.85. The standard InChI is InChI=1S/C16H18O5/c1-3-21-16(19)15-13(8-11(17)9-14(15)18)10-4-6-12(20-2)7-5-10/h4-7,9,13,15,18H,3,8H2,1-2H3/t13-,15+/m0/s1. The van der Waals surface area contributed by atoms with Gasteiger partial charge >= 0.3 is 5.97 Å². The molecule has 1 aliphatic rings. The summed E-state index contributed by atoms with van der Waals surface area (Å²) in [5, 5.41) is 9.98. The molecule has 112 valence electrons. The highest BCUT2D eigenvalue weighted by molar-refractivity contribution is 5.94. The van der Waals surface area contributed by atoms with Crippen LogP contribution in [0.25, 0.3) is 0 Å². The largest absolute Gasteiger partial charge is 0.511 e. The van der Waals surface area contributed by atoms with Crippen molar-refractivity contribution < 1.29 is 24.2 Å². The summed E-state index contributed by atoms with van der Waals surface area (Å²) in [6.07, 6.45) is 1.28. The van der Waals surface area contributed by atoms with Gasteiger partial charge < -0.3 is 14.6 Å². The van der Waals surface area contributed by atoms with Gasteiger partial charge in [0.25, 0.3) is 0 Å². The van der Waals surface area contributed by atoms with E-state index in [4.69, 9.17) is 9.47 Å². The van der Waals surface area contributed by atoms with Gasteiger partial charge in [-0.1, -0.05) is 12.1 Å². The number of hydrogen-bond donors (Lipinski definition) is 1. The normalized spacial score (nSPS) is 21.6. The number of allylic oxidation sites excluding steroid dienone is 1. The molecule has 0 amide bonds. The molecule has 1 aliphatic carbocycles. The first-order valence-electron chi connectivity index (χ1n) is 6.80. The lowest BCUT2D eigenvalue weighted by molar-refractivity contribution is -0.148. The molecule has 0 saturated carbocycles. The third kappa shape index (κ3) is 3.24. The summed E-state index contributed by atoms with van der Waals surface area (Å²) in [5.41, 5.74) is 0.793. The summed E-state index contributed by atoms with van der Waals surface area (Å²) in [6.45, 7) is 1.93. The zero-order valence-electron chi connectivity index (χ0n) is 12.0. The van der Waals surface area contributed by atoms with Crippen LogP contribution in [0.3, 0.4) is 0 Å². The molecule has 2 rings (SSSR count). The van der Waals surface area contributed by atoms with E-state index in [9.17, 15) is 14.7 Å². The predicted octanol–water partition coefficient (Wildman–Crippen LogP) is 2.37. The molecule has 1 aromatic carbocycles. The Hall–Kier alpha value is -2.30. The summed E-state index contributed by atoms with van der Waals surface area (Å²) in [7, 11) is 1.56. The Labute approximate surface area is 123 Å². The van der Waals surface area contributed by atoms with Crippen LogP contribution in [0, 0.1) is 5.92 Å². The Balaban J connectivity index is 2.34. The second kappa shape index (κ2) is 6.43. The maximum absolute atomic E-state index is 12.1. The molecule has 0 unspecified atom stereocenters. The molecular formula is C16H18O5. The van der Waals surface area contributed by atoms with E-state index in [0.717, 1.165) is 11.6 Å². The van der Waals surface area contributed by atoms with Crippen molar-refractivity contribution in [1.82, 2.24) is 0 Å². The van der Waals surface area contributed by atoms with Gasteiger partial charge in [0.15, 0.2) is 5.78 Å². The van der Waals surface area contributed by atoms with Gasteiger partial charge in [-0.25, -0.2) is 0 Å². The average molecular weight is 290 g/mol. The minimum Gasteiger partial charge on any atom is -0.511 e. The van der Waals surface area contributed by atoms with Gasteiger partial charge in [0, 0.05) is 18.4 Å². The lowest BCUT2D eigenvalue weighted by Gasteiger charge is -2.28. The van der Waals surface area contributed by atoms with Crippen LogP contribution in [0.1, 0.15) is 24.8 Å². The number of aliphatic hydroxyl groups is 1. The molecule has 0 radical (unpaired) electrons. The van der Waals surface area contributed by atoms with Gasteiger partial charge in [-0.2, -0.15) is 0 Å². The highest BCUT2D eigenvalue weighted by Gasteiger charge is 2.38. The van der Waals surface area contributed by atoms with Crippen LogP contribution in [0.2, 0.25) is 0 Å². The third-order valence-corrected chi connectivity index (χ3v) is 3.54. The number of hydrogen-bond acceptors (Lipinski definition) is 5. The van der Waals surface area contributed by atoms with E-state index < -0.39 is 17.8 Å².